The summed E-state index contributed by atoms with van der Waals surface area (Å²) in [5, 5.41) is 23.6. The van der Waals surface area contributed by atoms with Crippen molar-refractivity contribution in [2.45, 2.75) is 27.1 Å². The second kappa shape index (κ2) is 9.04. The van der Waals surface area contributed by atoms with Crippen LogP contribution < -0.4 is 9.47 Å². The van der Waals surface area contributed by atoms with E-state index in [0.29, 0.717) is 0 Å². The van der Waals surface area contributed by atoms with Gasteiger partial charge in [0.25, 0.3) is 0 Å². The molecule has 0 bridgehead atoms. The molecular weight excluding hydrogens is 388 g/mol. The monoisotopic (exact) mass is 408 g/mol. The van der Waals surface area contributed by atoms with Crippen LogP contribution in [0, 0.1) is 34.1 Å². The van der Waals surface area contributed by atoms with Gasteiger partial charge in [0, 0.05) is 0 Å². The molecule has 0 heterocycles. The zero-order valence-electron chi connectivity index (χ0n) is 16.5. The molecule has 0 unspecified atom stereocenters. The van der Waals surface area contributed by atoms with E-state index in [2.05, 4.69) is 0 Å². The standard InChI is InChI=1S/C22H20N2O6/c1-15-19(23(25)26)22(30-14-18-11-7-4-8-12-18)16(2)20(24(27)28)21(15)29-13-17-9-5-3-6-10-17/h3-12H,13-14H2,1-2H3. The smallest absolute Gasteiger partial charge is 0.318 e. The van der Waals surface area contributed by atoms with Crippen LogP contribution >= 0.6 is 0 Å². The lowest BCUT2D eigenvalue weighted by Gasteiger charge is -2.16. The third kappa shape index (κ3) is 4.38. The molecule has 0 aromatic heterocycles. The maximum Gasteiger partial charge on any atom is 0.318 e. The summed E-state index contributed by atoms with van der Waals surface area (Å²) in [4.78, 5) is 22.4. The molecule has 0 spiro atoms. The van der Waals surface area contributed by atoms with Crippen LogP contribution in [-0.2, 0) is 13.2 Å². The van der Waals surface area contributed by atoms with Crippen molar-refractivity contribution in [1.29, 1.82) is 0 Å². The van der Waals surface area contributed by atoms with Gasteiger partial charge in [-0.25, -0.2) is 0 Å². The molecule has 8 heteroatoms. The lowest BCUT2D eigenvalue weighted by Crippen LogP contribution is -2.08. The molecule has 0 N–H and O–H groups in total. The van der Waals surface area contributed by atoms with E-state index >= 15 is 0 Å². The van der Waals surface area contributed by atoms with E-state index in [1.165, 1.54) is 13.8 Å². The fraction of sp³-hybridized carbons (Fsp3) is 0.182. The topological polar surface area (TPSA) is 105 Å². The van der Waals surface area contributed by atoms with Crippen molar-refractivity contribution in [3.63, 3.8) is 0 Å². The largest absolute Gasteiger partial charge is 0.482 e. The predicted molar refractivity (Wildman–Crippen MR) is 111 cm³/mol. The molecule has 3 aromatic rings. The van der Waals surface area contributed by atoms with E-state index in [0.717, 1.165) is 11.1 Å². The van der Waals surface area contributed by atoms with Gasteiger partial charge in [0.15, 0.2) is 0 Å². The van der Waals surface area contributed by atoms with E-state index in [4.69, 9.17) is 9.47 Å². The Balaban J connectivity index is 2.04. The summed E-state index contributed by atoms with van der Waals surface area (Å²) in [6.07, 6.45) is 0. The number of nitro benzene ring substituents is 2. The molecule has 0 atom stereocenters. The van der Waals surface area contributed by atoms with E-state index in [9.17, 15) is 20.2 Å². The zero-order chi connectivity index (χ0) is 21.7. The van der Waals surface area contributed by atoms with Crippen molar-refractivity contribution in [2.24, 2.45) is 0 Å². The molecule has 0 saturated heterocycles. The third-order valence-corrected chi connectivity index (χ3v) is 4.64. The summed E-state index contributed by atoms with van der Waals surface area (Å²) in [5.41, 5.74) is 1.01. The van der Waals surface area contributed by atoms with Crippen LogP contribution in [0.2, 0.25) is 0 Å². The second-order valence-corrected chi connectivity index (χ2v) is 6.67. The predicted octanol–water partition coefficient (Wildman–Crippen LogP) is 5.28. The van der Waals surface area contributed by atoms with Crippen molar-refractivity contribution in [3.05, 3.63) is 103 Å². The Bertz CT molecular complexity index is 981. The van der Waals surface area contributed by atoms with Crippen LogP contribution in [0.3, 0.4) is 0 Å². The highest BCUT2D eigenvalue weighted by Gasteiger charge is 2.35. The fourth-order valence-electron chi connectivity index (χ4n) is 3.16. The molecular formula is C22H20N2O6. The number of nitrogens with zero attached hydrogens (tertiary/aromatic N) is 2. The Morgan fingerprint density at radius 3 is 1.30 bits per heavy atom. The summed E-state index contributed by atoms with van der Waals surface area (Å²) in [6.45, 7) is 2.95. The molecule has 0 saturated carbocycles. The lowest BCUT2D eigenvalue weighted by molar-refractivity contribution is -0.391. The van der Waals surface area contributed by atoms with Crippen LogP contribution in [0.15, 0.2) is 60.7 Å². The molecule has 3 rings (SSSR count). The lowest BCUT2D eigenvalue weighted by atomic mass is 10.0. The molecule has 8 nitrogen and oxygen atoms in total. The third-order valence-electron chi connectivity index (χ3n) is 4.64. The van der Waals surface area contributed by atoms with E-state index < -0.39 is 9.85 Å². The normalized spacial score (nSPS) is 10.5. The van der Waals surface area contributed by atoms with Crippen molar-refractivity contribution in [1.82, 2.24) is 0 Å². The minimum Gasteiger partial charge on any atom is -0.482 e. The van der Waals surface area contributed by atoms with Gasteiger partial charge < -0.3 is 9.47 Å². The fourth-order valence-corrected chi connectivity index (χ4v) is 3.16. The average Bonchev–Trinajstić information content (AvgIpc) is 2.73. The van der Waals surface area contributed by atoms with Crippen molar-refractivity contribution >= 4 is 11.4 Å². The highest BCUT2D eigenvalue weighted by atomic mass is 16.6. The Morgan fingerprint density at radius 2 is 1.00 bits per heavy atom. The van der Waals surface area contributed by atoms with Crippen molar-refractivity contribution in [2.75, 3.05) is 0 Å². The van der Waals surface area contributed by atoms with Gasteiger partial charge in [-0.3, -0.25) is 20.2 Å². The highest BCUT2D eigenvalue weighted by molar-refractivity contribution is 5.72. The minimum absolute atomic E-state index is 0.0450. The maximum atomic E-state index is 11.8. The van der Waals surface area contributed by atoms with Crippen LogP contribution in [0.4, 0.5) is 11.4 Å². The number of hydrogen-bond donors (Lipinski definition) is 0. The van der Waals surface area contributed by atoms with Crippen LogP contribution in [0.5, 0.6) is 11.5 Å². The number of nitro groups is 2. The Kier molecular flexibility index (Phi) is 6.26. The SMILES string of the molecule is Cc1c(OCc2ccccc2)c([N+](=O)[O-])c(C)c(OCc2ccccc2)c1[N+](=O)[O-]. The summed E-state index contributed by atoms with van der Waals surface area (Å²) in [7, 11) is 0. The first-order valence-corrected chi connectivity index (χ1v) is 9.19. The molecule has 0 fully saturated rings. The molecule has 154 valence electrons. The Labute approximate surface area is 173 Å². The molecule has 0 amide bonds. The zero-order valence-corrected chi connectivity index (χ0v) is 16.5. The van der Waals surface area contributed by atoms with Crippen LogP contribution in [0.25, 0.3) is 0 Å². The summed E-state index contributed by atoms with van der Waals surface area (Å²) >= 11 is 0. The van der Waals surface area contributed by atoms with E-state index in [1.807, 2.05) is 36.4 Å². The first-order chi connectivity index (χ1) is 14.4. The molecule has 3 aromatic carbocycles. The van der Waals surface area contributed by atoms with Gasteiger partial charge in [-0.1, -0.05) is 60.7 Å². The second-order valence-electron chi connectivity index (χ2n) is 6.67. The van der Waals surface area contributed by atoms with Crippen molar-refractivity contribution in [3.8, 4) is 11.5 Å². The van der Waals surface area contributed by atoms with Gasteiger partial charge in [-0.2, -0.15) is 0 Å². The first kappa shape index (κ1) is 20.8. The molecule has 0 radical (unpaired) electrons. The van der Waals surface area contributed by atoms with Gasteiger partial charge in [0.2, 0.25) is 11.5 Å². The number of rotatable bonds is 8. The highest BCUT2D eigenvalue weighted by Crippen LogP contribution is 2.47. The Morgan fingerprint density at radius 1 is 0.667 bits per heavy atom. The molecule has 0 aliphatic rings. The molecule has 0 aliphatic heterocycles. The summed E-state index contributed by atoms with van der Waals surface area (Å²) < 4.78 is 11.4. The quantitative estimate of drug-likeness (QED) is 0.371. The maximum absolute atomic E-state index is 11.8. The Hall–Kier alpha value is -3.94. The number of ether oxygens (including phenoxy) is 2. The summed E-state index contributed by atoms with van der Waals surface area (Å²) in [5.74, 6) is -0.250. The summed E-state index contributed by atoms with van der Waals surface area (Å²) in [6, 6.07) is 18.2. The van der Waals surface area contributed by atoms with Crippen LogP contribution in [-0.4, -0.2) is 9.85 Å². The van der Waals surface area contributed by atoms with Gasteiger partial charge >= 0.3 is 11.4 Å². The minimum atomic E-state index is -0.595. The van der Waals surface area contributed by atoms with Gasteiger partial charge in [0.05, 0.1) is 21.0 Å². The van der Waals surface area contributed by atoms with Gasteiger partial charge in [-0.15, -0.1) is 0 Å². The van der Waals surface area contributed by atoms with Crippen LogP contribution in [0.1, 0.15) is 22.3 Å². The molecule has 0 aliphatic carbocycles. The first-order valence-electron chi connectivity index (χ1n) is 9.19. The van der Waals surface area contributed by atoms with Gasteiger partial charge in [0.1, 0.15) is 13.2 Å². The van der Waals surface area contributed by atoms with E-state index in [-0.39, 0.29) is 47.2 Å². The van der Waals surface area contributed by atoms with E-state index in [1.54, 1.807) is 24.3 Å². The average molecular weight is 408 g/mol. The number of hydrogen-bond acceptors (Lipinski definition) is 6. The molecule has 30 heavy (non-hydrogen) atoms. The van der Waals surface area contributed by atoms with Gasteiger partial charge in [-0.05, 0) is 25.0 Å². The van der Waals surface area contributed by atoms with Crippen molar-refractivity contribution < 1.29 is 19.3 Å². The number of benzene rings is 3.